The number of nitrogens with zero attached hydrogens (tertiary/aromatic N) is 1. The fourth-order valence-electron chi connectivity index (χ4n) is 2.68. The largest absolute Gasteiger partial charge is 0.495 e. The lowest BCUT2D eigenvalue weighted by Crippen LogP contribution is -2.43. The second kappa shape index (κ2) is 9.10. The van der Waals surface area contributed by atoms with Crippen molar-refractivity contribution in [2.75, 3.05) is 18.0 Å². The molecule has 1 amide bonds. The number of ether oxygens (including phenoxy) is 1. The molecule has 0 radical (unpaired) electrons. The Labute approximate surface area is 167 Å². The van der Waals surface area contributed by atoms with Gasteiger partial charge in [-0.1, -0.05) is 30.7 Å². The summed E-state index contributed by atoms with van der Waals surface area (Å²) in [5, 5.41) is 2.83. The molecule has 0 aliphatic heterocycles. The first-order valence-electron chi connectivity index (χ1n) is 9.22. The van der Waals surface area contributed by atoms with Crippen LogP contribution in [-0.4, -0.2) is 34.0 Å². The maximum atomic E-state index is 13.4. The van der Waals surface area contributed by atoms with E-state index in [4.69, 9.17) is 4.74 Å². The average Bonchev–Trinajstić information content (AvgIpc) is 2.66. The van der Waals surface area contributed by atoms with Crippen LogP contribution < -0.4 is 14.4 Å². The van der Waals surface area contributed by atoms with Crippen molar-refractivity contribution in [2.24, 2.45) is 0 Å². The van der Waals surface area contributed by atoms with E-state index in [9.17, 15) is 13.2 Å². The van der Waals surface area contributed by atoms with Gasteiger partial charge in [0.15, 0.2) is 0 Å². The number of amides is 1. The fraction of sp³-hybridized carbons (Fsp3) is 0.381. The molecule has 0 aliphatic rings. The Kier molecular flexibility index (Phi) is 7.07. The monoisotopic (exact) mass is 404 g/mol. The van der Waals surface area contributed by atoms with E-state index in [1.165, 1.54) is 7.11 Å². The molecule has 2 aromatic rings. The van der Waals surface area contributed by atoms with Crippen LogP contribution in [0.4, 0.5) is 5.69 Å². The first-order chi connectivity index (χ1) is 13.2. The van der Waals surface area contributed by atoms with Crippen molar-refractivity contribution in [3.8, 4) is 5.75 Å². The zero-order valence-corrected chi connectivity index (χ0v) is 17.8. The summed E-state index contributed by atoms with van der Waals surface area (Å²) in [7, 11) is -2.49. The number of hydrogen-bond donors (Lipinski definition) is 1. The Balaban J connectivity index is 2.54. The van der Waals surface area contributed by atoms with Crippen molar-refractivity contribution in [2.45, 2.75) is 45.1 Å². The number of carbonyl (C=O) groups is 1. The second-order valence-electron chi connectivity index (χ2n) is 6.88. The summed E-state index contributed by atoms with van der Waals surface area (Å²) in [6, 6.07) is 11.8. The standard InChI is InChI=1S/C21H28N2O4S/c1-6-17(4)22-21(24)14-23(19-13-16(3)9-12-20(19)27-5)28(25,26)18-10-7-15(2)8-11-18/h7-13,17H,6,14H2,1-5H3,(H,22,24). The van der Waals surface area contributed by atoms with Gasteiger partial charge in [0.1, 0.15) is 12.3 Å². The summed E-state index contributed by atoms with van der Waals surface area (Å²) in [6.07, 6.45) is 0.754. The molecule has 0 aliphatic carbocycles. The van der Waals surface area contributed by atoms with Crippen molar-refractivity contribution < 1.29 is 17.9 Å². The molecular formula is C21H28N2O4S. The Morgan fingerprint density at radius 3 is 2.29 bits per heavy atom. The fourth-order valence-corrected chi connectivity index (χ4v) is 4.11. The Morgan fingerprint density at radius 2 is 1.71 bits per heavy atom. The molecule has 0 spiro atoms. The van der Waals surface area contributed by atoms with E-state index >= 15 is 0 Å². The highest BCUT2D eigenvalue weighted by Gasteiger charge is 2.29. The minimum absolute atomic E-state index is 0.0455. The molecule has 0 saturated carbocycles. The number of nitrogens with one attached hydrogen (secondary N) is 1. The van der Waals surface area contributed by atoms with Gasteiger partial charge in [-0.05, 0) is 57.0 Å². The first-order valence-corrected chi connectivity index (χ1v) is 10.7. The number of benzene rings is 2. The van der Waals surface area contributed by atoms with Gasteiger partial charge in [0, 0.05) is 6.04 Å². The summed E-state index contributed by atoms with van der Waals surface area (Å²) in [5.74, 6) is 0.0197. The molecule has 0 fully saturated rings. The normalized spacial score (nSPS) is 12.3. The van der Waals surface area contributed by atoms with Crippen molar-refractivity contribution in [3.05, 3.63) is 53.6 Å². The van der Waals surface area contributed by atoms with Gasteiger partial charge in [0.25, 0.3) is 10.0 Å². The van der Waals surface area contributed by atoms with Crippen LogP contribution in [0.2, 0.25) is 0 Å². The van der Waals surface area contributed by atoms with Gasteiger partial charge >= 0.3 is 0 Å². The number of hydrogen-bond acceptors (Lipinski definition) is 4. The van der Waals surface area contributed by atoms with E-state index in [0.29, 0.717) is 11.4 Å². The van der Waals surface area contributed by atoms with Crippen LogP contribution in [0.5, 0.6) is 5.75 Å². The molecule has 1 unspecified atom stereocenters. The first kappa shape index (κ1) is 21.8. The predicted molar refractivity (Wildman–Crippen MR) is 111 cm³/mol. The summed E-state index contributed by atoms with van der Waals surface area (Å²) in [4.78, 5) is 12.7. The van der Waals surface area contributed by atoms with E-state index in [1.54, 1.807) is 36.4 Å². The maximum absolute atomic E-state index is 13.4. The van der Waals surface area contributed by atoms with Crippen LogP contribution in [0.1, 0.15) is 31.4 Å². The molecule has 0 saturated heterocycles. The third-order valence-electron chi connectivity index (χ3n) is 4.52. The number of rotatable bonds is 8. The van der Waals surface area contributed by atoms with Crippen molar-refractivity contribution in [3.63, 3.8) is 0 Å². The second-order valence-corrected chi connectivity index (χ2v) is 8.74. The minimum Gasteiger partial charge on any atom is -0.495 e. The van der Waals surface area contributed by atoms with Gasteiger partial charge in [0.2, 0.25) is 5.91 Å². The summed E-state index contributed by atoms with van der Waals surface area (Å²) < 4.78 is 33.3. The molecule has 2 rings (SSSR count). The van der Waals surface area contributed by atoms with E-state index in [-0.39, 0.29) is 23.4 Å². The lowest BCUT2D eigenvalue weighted by molar-refractivity contribution is -0.120. The van der Waals surface area contributed by atoms with Crippen LogP contribution in [0.3, 0.4) is 0 Å². The van der Waals surface area contributed by atoms with Crippen LogP contribution in [-0.2, 0) is 14.8 Å². The summed E-state index contributed by atoms with van der Waals surface area (Å²) >= 11 is 0. The number of methoxy groups -OCH3 is 1. The van der Waals surface area contributed by atoms with Crippen molar-refractivity contribution in [1.29, 1.82) is 0 Å². The molecule has 0 aromatic heterocycles. The summed E-state index contributed by atoms with van der Waals surface area (Å²) in [5.41, 5.74) is 2.15. The highest BCUT2D eigenvalue weighted by Crippen LogP contribution is 2.33. The van der Waals surface area contributed by atoms with Gasteiger partial charge in [-0.3, -0.25) is 9.10 Å². The molecule has 1 atom stereocenters. The maximum Gasteiger partial charge on any atom is 0.264 e. The number of carbonyl (C=O) groups excluding carboxylic acids is 1. The number of aryl methyl sites for hydroxylation is 2. The number of anilines is 1. The SMILES string of the molecule is CCC(C)NC(=O)CN(c1cc(C)ccc1OC)S(=O)(=O)c1ccc(C)cc1. The highest BCUT2D eigenvalue weighted by atomic mass is 32.2. The van der Waals surface area contributed by atoms with Crippen LogP contribution in [0.25, 0.3) is 0 Å². The third kappa shape index (κ3) is 5.04. The van der Waals surface area contributed by atoms with Gasteiger partial charge in [0.05, 0.1) is 17.7 Å². The zero-order chi connectivity index (χ0) is 20.9. The Bertz CT molecular complexity index is 924. The molecule has 152 valence electrons. The average molecular weight is 405 g/mol. The Hall–Kier alpha value is -2.54. The Morgan fingerprint density at radius 1 is 1.11 bits per heavy atom. The van der Waals surface area contributed by atoms with Crippen molar-refractivity contribution >= 4 is 21.6 Å². The third-order valence-corrected chi connectivity index (χ3v) is 6.29. The van der Waals surface area contributed by atoms with Crippen molar-refractivity contribution in [1.82, 2.24) is 5.32 Å². The van der Waals surface area contributed by atoms with E-state index in [2.05, 4.69) is 5.32 Å². The van der Waals surface area contributed by atoms with Gasteiger partial charge < -0.3 is 10.1 Å². The van der Waals surface area contributed by atoms with Crippen LogP contribution >= 0.6 is 0 Å². The molecule has 7 heteroatoms. The molecular weight excluding hydrogens is 376 g/mol. The lowest BCUT2D eigenvalue weighted by atomic mass is 10.2. The van der Waals surface area contributed by atoms with E-state index in [1.807, 2.05) is 33.8 Å². The molecule has 1 N–H and O–H groups in total. The predicted octanol–water partition coefficient (Wildman–Crippen LogP) is 3.42. The zero-order valence-electron chi connectivity index (χ0n) is 17.0. The topological polar surface area (TPSA) is 75.7 Å². The highest BCUT2D eigenvalue weighted by molar-refractivity contribution is 7.92. The van der Waals surface area contributed by atoms with Gasteiger partial charge in [-0.15, -0.1) is 0 Å². The number of sulfonamides is 1. The quantitative estimate of drug-likeness (QED) is 0.731. The minimum atomic E-state index is -3.97. The summed E-state index contributed by atoms with van der Waals surface area (Å²) in [6.45, 7) is 7.25. The van der Waals surface area contributed by atoms with Crippen LogP contribution in [0, 0.1) is 13.8 Å². The van der Waals surface area contributed by atoms with Gasteiger partial charge in [-0.25, -0.2) is 8.42 Å². The lowest BCUT2D eigenvalue weighted by Gasteiger charge is -2.26. The van der Waals surface area contributed by atoms with Gasteiger partial charge in [-0.2, -0.15) is 0 Å². The van der Waals surface area contributed by atoms with E-state index < -0.39 is 10.0 Å². The smallest absolute Gasteiger partial charge is 0.264 e. The molecule has 0 bridgehead atoms. The molecule has 0 heterocycles. The molecule has 28 heavy (non-hydrogen) atoms. The van der Waals surface area contributed by atoms with E-state index in [0.717, 1.165) is 21.9 Å². The molecule has 2 aromatic carbocycles. The molecule has 6 nitrogen and oxygen atoms in total. The van der Waals surface area contributed by atoms with Crippen LogP contribution in [0.15, 0.2) is 47.4 Å².